The molecular weight excluding hydrogens is 230 g/mol. The lowest BCUT2D eigenvalue weighted by molar-refractivity contribution is 0.0601. The van der Waals surface area contributed by atoms with Gasteiger partial charge in [-0.3, -0.25) is 0 Å². The quantitative estimate of drug-likeness (QED) is 0.789. The second kappa shape index (κ2) is 7.01. The maximum Gasteiger partial charge on any atom is 0.337 e. The molecule has 100 valence electrons. The molecule has 0 amide bonds. The Balaban J connectivity index is 2.77. The summed E-state index contributed by atoms with van der Waals surface area (Å²) in [4.78, 5) is 11.5. The Morgan fingerprint density at radius 2 is 2.17 bits per heavy atom. The Morgan fingerprint density at radius 1 is 1.44 bits per heavy atom. The van der Waals surface area contributed by atoms with Gasteiger partial charge in [-0.1, -0.05) is 6.07 Å². The third-order valence-electron chi connectivity index (χ3n) is 2.63. The van der Waals surface area contributed by atoms with Gasteiger partial charge in [0.25, 0.3) is 0 Å². The molecule has 1 unspecified atom stereocenters. The van der Waals surface area contributed by atoms with Gasteiger partial charge in [0.05, 0.1) is 19.3 Å². The van der Waals surface area contributed by atoms with Crippen molar-refractivity contribution in [1.29, 1.82) is 0 Å². The van der Waals surface area contributed by atoms with Crippen molar-refractivity contribution in [3.63, 3.8) is 0 Å². The van der Waals surface area contributed by atoms with E-state index >= 15 is 0 Å². The van der Waals surface area contributed by atoms with E-state index in [2.05, 4.69) is 5.32 Å². The van der Waals surface area contributed by atoms with Crippen molar-refractivity contribution in [3.05, 3.63) is 29.3 Å². The molecule has 0 bridgehead atoms. The zero-order valence-electron chi connectivity index (χ0n) is 11.4. The van der Waals surface area contributed by atoms with E-state index in [-0.39, 0.29) is 12.0 Å². The molecule has 0 radical (unpaired) electrons. The first-order valence-corrected chi connectivity index (χ1v) is 6.11. The summed E-state index contributed by atoms with van der Waals surface area (Å²) < 4.78 is 10.1. The fourth-order valence-corrected chi connectivity index (χ4v) is 1.62. The first-order chi connectivity index (χ1) is 8.58. The molecule has 0 saturated carbocycles. The molecule has 0 spiro atoms. The molecule has 0 aromatic heterocycles. The summed E-state index contributed by atoms with van der Waals surface area (Å²) in [7, 11) is 1.38. The Bertz CT molecular complexity index is 404. The average molecular weight is 251 g/mol. The van der Waals surface area contributed by atoms with Crippen LogP contribution in [0.1, 0.15) is 29.8 Å². The van der Waals surface area contributed by atoms with Crippen molar-refractivity contribution in [2.75, 3.05) is 25.6 Å². The molecule has 4 nitrogen and oxygen atoms in total. The van der Waals surface area contributed by atoms with Crippen molar-refractivity contribution in [2.24, 2.45) is 0 Å². The largest absolute Gasteiger partial charge is 0.465 e. The van der Waals surface area contributed by atoms with Gasteiger partial charge < -0.3 is 14.8 Å². The Morgan fingerprint density at radius 3 is 2.78 bits per heavy atom. The number of esters is 1. The van der Waals surface area contributed by atoms with Crippen LogP contribution in [0, 0.1) is 6.92 Å². The lowest BCUT2D eigenvalue weighted by Crippen LogP contribution is -2.22. The van der Waals surface area contributed by atoms with Gasteiger partial charge in [-0.25, -0.2) is 4.79 Å². The highest BCUT2D eigenvalue weighted by atomic mass is 16.5. The summed E-state index contributed by atoms with van der Waals surface area (Å²) in [6.07, 6.45) is 0. The van der Waals surface area contributed by atoms with Gasteiger partial charge in [-0.05, 0) is 38.5 Å². The van der Waals surface area contributed by atoms with Crippen molar-refractivity contribution in [1.82, 2.24) is 0 Å². The van der Waals surface area contributed by atoms with Gasteiger partial charge >= 0.3 is 5.97 Å². The molecule has 1 N–H and O–H groups in total. The maximum absolute atomic E-state index is 11.5. The highest BCUT2D eigenvalue weighted by Crippen LogP contribution is 2.18. The molecule has 0 fully saturated rings. The fraction of sp³-hybridized carbons (Fsp3) is 0.500. The lowest BCUT2D eigenvalue weighted by Gasteiger charge is -2.17. The number of aryl methyl sites for hydroxylation is 1. The van der Waals surface area contributed by atoms with Gasteiger partial charge in [0.2, 0.25) is 0 Å². The smallest absolute Gasteiger partial charge is 0.337 e. The van der Waals surface area contributed by atoms with E-state index in [1.807, 2.05) is 32.9 Å². The van der Waals surface area contributed by atoms with E-state index in [9.17, 15) is 4.79 Å². The number of carbonyl (C=O) groups excluding carboxylic acids is 1. The highest BCUT2D eigenvalue weighted by Gasteiger charge is 2.09. The van der Waals surface area contributed by atoms with Crippen LogP contribution in [0.5, 0.6) is 0 Å². The van der Waals surface area contributed by atoms with Crippen LogP contribution in [-0.2, 0) is 9.47 Å². The van der Waals surface area contributed by atoms with Crippen LogP contribution in [0.2, 0.25) is 0 Å². The molecule has 1 aromatic rings. The normalized spacial score (nSPS) is 12.0. The Kier molecular flexibility index (Phi) is 5.65. The van der Waals surface area contributed by atoms with E-state index < -0.39 is 0 Å². The second-order valence-corrected chi connectivity index (χ2v) is 4.23. The molecule has 1 rings (SSSR count). The van der Waals surface area contributed by atoms with Crippen molar-refractivity contribution in [2.45, 2.75) is 26.8 Å². The number of nitrogens with one attached hydrogen (secondary N) is 1. The van der Waals surface area contributed by atoms with E-state index in [1.165, 1.54) is 7.11 Å². The minimum atomic E-state index is -0.324. The molecular formula is C14H21NO3. The number of rotatable bonds is 6. The number of hydrogen-bond donors (Lipinski definition) is 1. The molecule has 1 aromatic carbocycles. The maximum atomic E-state index is 11.5. The Labute approximate surface area is 108 Å². The van der Waals surface area contributed by atoms with Crippen molar-refractivity contribution in [3.8, 4) is 0 Å². The van der Waals surface area contributed by atoms with Gasteiger partial charge in [-0.2, -0.15) is 0 Å². The summed E-state index contributed by atoms with van der Waals surface area (Å²) in [6, 6.07) is 5.67. The van der Waals surface area contributed by atoms with Crippen LogP contribution in [0.15, 0.2) is 18.2 Å². The number of hydrogen-bond acceptors (Lipinski definition) is 4. The minimum Gasteiger partial charge on any atom is -0.465 e. The number of anilines is 1. The summed E-state index contributed by atoms with van der Waals surface area (Å²) in [6.45, 7) is 7.35. The van der Waals surface area contributed by atoms with Crippen molar-refractivity contribution < 1.29 is 14.3 Å². The van der Waals surface area contributed by atoms with Crippen LogP contribution in [-0.4, -0.2) is 32.3 Å². The first-order valence-electron chi connectivity index (χ1n) is 6.11. The monoisotopic (exact) mass is 251 g/mol. The predicted octanol–water partition coefficient (Wildman–Crippen LogP) is 2.62. The third kappa shape index (κ3) is 4.04. The third-order valence-corrected chi connectivity index (χ3v) is 2.63. The van der Waals surface area contributed by atoms with Crippen LogP contribution in [0.25, 0.3) is 0 Å². The average Bonchev–Trinajstić information content (AvgIpc) is 2.38. The summed E-state index contributed by atoms with van der Waals surface area (Å²) in [5.41, 5.74) is 2.57. The Hall–Kier alpha value is -1.55. The molecule has 0 heterocycles. The summed E-state index contributed by atoms with van der Waals surface area (Å²) in [5, 5.41) is 3.33. The second-order valence-electron chi connectivity index (χ2n) is 4.23. The molecule has 4 heteroatoms. The number of ether oxygens (including phenoxy) is 2. The lowest BCUT2D eigenvalue weighted by atomic mass is 10.1. The van der Waals surface area contributed by atoms with Crippen LogP contribution < -0.4 is 5.32 Å². The number of benzene rings is 1. The first kappa shape index (κ1) is 14.5. The van der Waals surface area contributed by atoms with E-state index in [0.29, 0.717) is 18.8 Å². The number of methoxy groups -OCH3 is 1. The standard InChI is InChI=1S/C14H21NO3/c1-5-18-9-11(3)15-13-8-12(14(16)17-4)7-6-10(13)2/h6-8,11,15H,5,9H2,1-4H3. The van der Waals surface area contributed by atoms with E-state index in [4.69, 9.17) is 9.47 Å². The van der Waals surface area contributed by atoms with Gasteiger partial charge in [0.1, 0.15) is 0 Å². The zero-order valence-corrected chi connectivity index (χ0v) is 11.4. The molecule has 0 aliphatic heterocycles. The molecule has 18 heavy (non-hydrogen) atoms. The van der Waals surface area contributed by atoms with E-state index in [1.54, 1.807) is 6.07 Å². The SMILES string of the molecule is CCOCC(C)Nc1cc(C(=O)OC)ccc1C. The fourth-order valence-electron chi connectivity index (χ4n) is 1.62. The molecule has 0 aliphatic rings. The van der Waals surface area contributed by atoms with Gasteiger partial charge in [-0.15, -0.1) is 0 Å². The summed E-state index contributed by atoms with van der Waals surface area (Å²) >= 11 is 0. The van der Waals surface area contributed by atoms with Crippen LogP contribution in [0.4, 0.5) is 5.69 Å². The number of carbonyl (C=O) groups is 1. The topological polar surface area (TPSA) is 47.6 Å². The minimum absolute atomic E-state index is 0.191. The van der Waals surface area contributed by atoms with Crippen molar-refractivity contribution >= 4 is 11.7 Å². The van der Waals surface area contributed by atoms with E-state index in [0.717, 1.165) is 11.3 Å². The van der Waals surface area contributed by atoms with Gasteiger partial charge in [0.15, 0.2) is 0 Å². The molecule has 1 atom stereocenters. The predicted molar refractivity (Wildman–Crippen MR) is 72.1 cm³/mol. The summed E-state index contributed by atoms with van der Waals surface area (Å²) in [5.74, 6) is -0.324. The molecule has 0 saturated heterocycles. The van der Waals surface area contributed by atoms with Crippen LogP contribution >= 0.6 is 0 Å². The highest BCUT2D eigenvalue weighted by molar-refractivity contribution is 5.90. The van der Waals surface area contributed by atoms with Gasteiger partial charge in [0, 0.05) is 18.3 Å². The van der Waals surface area contributed by atoms with Crippen LogP contribution in [0.3, 0.4) is 0 Å². The zero-order chi connectivity index (χ0) is 13.5. The molecule has 0 aliphatic carbocycles.